The van der Waals surface area contributed by atoms with Crippen molar-refractivity contribution >= 4 is 11.4 Å². The summed E-state index contributed by atoms with van der Waals surface area (Å²) in [7, 11) is 0. The smallest absolute Gasteiger partial charge is 0.0553 e. The van der Waals surface area contributed by atoms with Crippen LogP contribution in [0.2, 0.25) is 0 Å². The SMILES string of the molecule is Nc1ccc([C@@H]2Nc3ccccc3[C@H]3C=CC[C@@H]32)cc1. The first-order valence-corrected chi connectivity index (χ1v) is 7.20. The van der Waals surface area contributed by atoms with Crippen LogP contribution < -0.4 is 11.1 Å². The second-order valence-electron chi connectivity index (χ2n) is 5.73. The predicted molar refractivity (Wildman–Crippen MR) is 83.6 cm³/mol. The number of hydrogen-bond acceptors (Lipinski definition) is 2. The highest BCUT2D eigenvalue weighted by atomic mass is 15.0. The normalized spacial score (nSPS) is 26.7. The maximum atomic E-state index is 5.81. The number of allylic oxidation sites excluding steroid dienone is 2. The molecule has 0 saturated carbocycles. The van der Waals surface area contributed by atoms with Crippen LogP contribution in [0.3, 0.4) is 0 Å². The van der Waals surface area contributed by atoms with Crippen molar-refractivity contribution < 1.29 is 0 Å². The zero-order chi connectivity index (χ0) is 13.5. The molecule has 0 saturated heterocycles. The number of nitrogens with one attached hydrogen (secondary N) is 1. The van der Waals surface area contributed by atoms with Crippen molar-refractivity contribution in [1.82, 2.24) is 0 Å². The maximum Gasteiger partial charge on any atom is 0.0553 e. The van der Waals surface area contributed by atoms with Gasteiger partial charge in [0.25, 0.3) is 0 Å². The number of nitrogens with two attached hydrogens (primary N) is 1. The van der Waals surface area contributed by atoms with Gasteiger partial charge < -0.3 is 11.1 Å². The van der Waals surface area contributed by atoms with Crippen molar-refractivity contribution in [2.45, 2.75) is 18.4 Å². The molecule has 0 amide bonds. The van der Waals surface area contributed by atoms with Gasteiger partial charge in [-0.05, 0) is 41.7 Å². The molecule has 1 aliphatic heterocycles. The Kier molecular flexibility index (Phi) is 2.56. The number of anilines is 2. The lowest BCUT2D eigenvalue weighted by molar-refractivity contribution is 0.425. The van der Waals surface area contributed by atoms with E-state index in [1.807, 2.05) is 12.1 Å². The highest BCUT2D eigenvalue weighted by molar-refractivity contribution is 5.59. The zero-order valence-corrected chi connectivity index (χ0v) is 11.3. The summed E-state index contributed by atoms with van der Waals surface area (Å²) in [6, 6.07) is 17.3. The molecule has 0 bridgehead atoms. The summed E-state index contributed by atoms with van der Waals surface area (Å²) in [4.78, 5) is 0. The summed E-state index contributed by atoms with van der Waals surface area (Å²) in [5.41, 5.74) is 10.7. The molecule has 3 N–H and O–H groups in total. The molecule has 2 aromatic rings. The van der Waals surface area contributed by atoms with E-state index >= 15 is 0 Å². The average Bonchev–Trinajstić information content (AvgIpc) is 2.97. The Labute approximate surface area is 119 Å². The fourth-order valence-corrected chi connectivity index (χ4v) is 3.58. The molecule has 2 heteroatoms. The van der Waals surface area contributed by atoms with E-state index in [1.54, 1.807) is 0 Å². The predicted octanol–water partition coefficient (Wildman–Crippen LogP) is 4.10. The van der Waals surface area contributed by atoms with Gasteiger partial charge in [0, 0.05) is 17.3 Å². The molecular formula is C18H18N2. The van der Waals surface area contributed by atoms with Crippen LogP contribution in [0.5, 0.6) is 0 Å². The average molecular weight is 262 g/mol. The van der Waals surface area contributed by atoms with E-state index < -0.39 is 0 Å². The summed E-state index contributed by atoms with van der Waals surface area (Å²) >= 11 is 0. The van der Waals surface area contributed by atoms with E-state index in [0.717, 1.165) is 12.1 Å². The van der Waals surface area contributed by atoms with E-state index in [1.165, 1.54) is 16.8 Å². The van der Waals surface area contributed by atoms with Crippen LogP contribution >= 0.6 is 0 Å². The molecule has 0 fully saturated rings. The summed E-state index contributed by atoms with van der Waals surface area (Å²) in [6.45, 7) is 0. The van der Waals surface area contributed by atoms with Gasteiger partial charge in [-0.25, -0.2) is 0 Å². The van der Waals surface area contributed by atoms with Crippen LogP contribution in [-0.2, 0) is 0 Å². The molecule has 100 valence electrons. The van der Waals surface area contributed by atoms with E-state index in [2.05, 4.69) is 53.9 Å². The summed E-state index contributed by atoms with van der Waals surface area (Å²) in [5, 5.41) is 3.72. The Bertz CT molecular complexity index is 657. The van der Waals surface area contributed by atoms with Crippen LogP contribution in [0.1, 0.15) is 29.5 Å². The highest BCUT2D eigenvalue weighted by Gasteiger charge is 2.37. The lowest BCUT2D eigenvalue weighted by Gasteiger charge is -2.37. The molecule has 1 heterocycles. The molecule has 0 aromatic heterocycles. The summed E-state index contributed by atoms with van der Waals surface area (Å²) in [5.74, 6) is 1.14. The van der Waals surface area contributed by atoms with Gasteiger partial charge in [-0.3, -0.25) is 0 Å². The quantitative estimate of drug-likeness (QED) is 0.600. The van der Waals surface area contributed by atoms with Crippen LogP contribution in [0.25, 0.3) is 0 Å². The molecule has 0 unspecified atom stereocenters. The van der Waals surface area contributed by atoms with Crippen molar-refractivity contribution in [2.75, 3.05) is 11.1 Å². The van der Waals surface area contributed by atoms with Crippen molar-refractivity contribution in [3.63, 3.8) is 0 Å². The Balaban J connectivity index is 1.77. The minimum atomic E-state index is 0.366. The topological polar surface area (TPSA) is 38.0 Å². The number of fused-ring (bicyclic) bond motifs is 3. The van der Waals surface area contributed by atoms with Gasteiger partial charge in [0.05, 0.1) is 6.04 Å². The molecule has 0 radical (unpaired) electrons. The fraction of sp³-hybridized carbons (Fsp3) is 0.222. The maximum absolute atomic E-state index is 5.81. The van der Waals surface area contributed by atoms with Crippen molar-refractivity contribution in [2.24, 2.45) is 5.92 Å². The molecule has 0 spiro atoms. The first kappa shape index (κ1) is 11.6. The molecule has 2 aromatic carbocycles. The molecule has 20 heavy (non-hydrogen) atoms. The lowest BCUT2D eigenvalue weighted by atomic mass is 9.77. The number of para-hydroxylation sites is 1. The van der Waals surface area contributed by atoms with Crippen molar-refractivity contribution in [1.29, 1.82) is 0 Å². The van der Waals surface area contributed by atoms with Crippen molar-refractivity contribution in [3.05, 3.63) is 71.8 Å². The van der Waals surface area contributed by atoms with Gasteiger partial charge in [-0.1, -0.05) is 42.5 Å². The molecule has 1 aliphatic carbocycles. The van der Waals surface area contributed by atoms with Gasteiger partial charge >= 0.3 is 0 Å². The summed E-state index contributed by atoms with van der Waals surface area (Å²) < 4.78 is 0. The third-order valence-corrected chi connectivity index (χ3v) is 4.57. The third-order valence-electron chi connectivity index (χ3n) is 4.57. The van der Waals surface area contributed by atoms with Gasteiger partial charge in [-0.2, -0.15) is 0 Å². The lowest BCUT2D eigenvalue weighted by Crippen LogP contribution is -2.28. The number of nitrogen functional groups attached to an aromatic ring is 1. The Hall–Kier alpha value is -2.22. The van der Waals surface area contributed by atoms with E-state index in [4.69, 9.17) is 5.73 Å². The van der Waals surface area contributed by atoms with Gasteiger partial charge in [-0.15, -0.1) is 0 Å². The van der Waals surface area contributed by atoms with Crippen LogP contribution in [-0.4, -0.2) is 0 Å². The van der Waals surface area contributed by atoms with Crippen LogP contribution in [0.15, 0.2) is 60.7 Å². The first-order valence-electron chi connectivity index (χ1n) is 7.20. The van der Waals surface area contributed by atoms with E-state index in [9.17, 15) is 0 Å². The van der Waals surface area contributed by atoms with Crippen LogP contribution in [0.4, 0.5) is 11.4 Å². The Morgan fingerprint density at radius 1 is 1.00 bits per heavy atom. The standard InChI is InChI=1S/C18H18N2/c19-13-10-8-12(9-11-13)18-16-6-3-5-14(16)15-4-1-2-7-17(15)20-18/h1-5,7-11,14,16,18,20H,6,19H2/t14-,16+,18+/m1/s1. The Morgan fingerprint density at radius 3 is 2.65 bits per heavy atom. The second-order valence-corrected chi connectivity index (χ2v) is 5.73. The van der Waals surface area contributed by atoms with Gasteiger partial charge in [0.1, 0.15) is 0 Å². The number of benzene rings is 2. The highest BCUT2D eigenvalue weighted by Crippen LogP contribution is 2.49. The van der Waals surface area contributed by atoms with Crippen molar-refractivity contribution in [3.8, 4) is 0 Å². The molecule has 2 aliphatic rings. The van der Waals surface area contributed by atoms with Gasteiger partial charge in [0.2, 0.25) is 0 Å². The minimum absolute atomic E-state index is 0.366. The number of hydrogen-bond donors (Lipinski definition) is 2. The van der Waals surface area contributed by atoms with E-state index in [-0.39, 0.29) is 0 Å². The molecular weight excluding hydrogens is 244 g/mol. The fourth-order valence-electron chi connectivity index (χ4n) is 3.58. The minimum Gasteiger partial charge on any atom is -0.399 e. The monoisotopic (exact) mass is 262 g/mol. The zero-order valence-electron chi connectivity index (χ0n) is 11.3. The summed E-state index contributed by atoms with van der Waals surface area (Å²) in [6.07, 6.45) is 5.83. The largest absolute Gasteiger partial charge is 0.399 e. The van der Waals surface area contributed by atoms with Gasteiger partial charge in [0.15, 0.2) is 0 Å². The third kappa shape index (κ3) is 1.72. The molecule has 2 nitrogen and oxygen atoms in total. The molecule has 3 atom stereocenters. The second kappa shape index (κ2) is 4.41. The number of rotatable bonds is 1. The first-order chi connectivity index (χ1) is 9.83. The molecule has 4 rings (SSSR count). The van der Waals surface area contributed by atoms with E-state index in [0.29, 0.717) is 17.9 Å². The van der Waals surface area contributed by atoms with Crippen LogP contribution in [0, 0.1) is 5.92 Å². The Morgan fingerprint density at radius 2 is 1.80 bits per heavy atom.